The third-order valence-corrected chi connectivity index (χ3v) is 3.78. The van der Waals surface area contributed by atoms with Crippen molar-refractivity contribution in [3.05, 3.63) is 44.3 Å². The van der Waals surface area contributed by atoms with Crippen LogP contribution in [0.1, 0.15) is 25.9 Å². The second kappa shape index (κ2) is 6.12. The zero-order valence-corrected chi connectivity index (χ0v) is 12.5. The van der Waals surface area contributed by atoms with Crippen molar-refractivity contribution in [1.82, 2.24) is 4.98 Å². The number of carbonyl (C=O) groups is 2. The second-order valence-electron chi connectivity index (χ2n) is 3.78. The molecule has 20 heavy (non-hydrogen) atoms. The predicted octanol–water partition coefficient (Wildman–Crippen LogP) is 2.31. The summed E-state index contributed by atoms with van der Waals surface area (Å²) < 4.78 is 0.618. The van der Waals surface area contributed by atoms with Gasteiger partial charge in [0.2, 0.25) is 0 Å². The molecule has 2 aromatic rings. The SMILES string of the molecule is NCc1nc(C(=O)Nc2ccc(Br)cc2C(=O)O)cs1. The molecule has 8 heteroatoms. The second-order valence-corrected chi connectivity index (χ2v) is 5.64. The number of benzene rings is 1. The molecular weight excluding hydrogens is 346 g/mol. The quantitative estimate of drug-likeness (QED) is 0.780. The van der Waals surface area contributed by atoms with E-state index < -0.39 is 11.9 Å². The highest BCUT2D eigenvalue weighted by molar-refractivity contribution is 9.10. The standard InChI is InChI=1S/C12H10BrN3O3S/c13-6-1-2-8(7(3-6)12(18)19)16-11(17)9-5-20-10(4-14)15-9/h1-3,5H,4,14H2,(H,16,17)(H,18,19). The van der Waals surface area contributed by atoms with Crippen LogP contribution in [0.2, 0.25) is 0 Å². The molecule has 0 radical (unpaired) electrons. The molecule has 0 saturated heterocycles. The summed E-state index contributed by atoms with van der Waals surface area (Å²) in [5, 5.41) is 13.9. The first-order valence-electron chi connectivity index (χ1n) is 5.50. The molecule has 1 amide bonds. The van der Waals surface area contributed by atoms with Gasteiger partial charge in [-0.3, -0.25) is 4.79 Å². The summed E-state index contributed by atoms with van der Waals surface area (Å²) in [6, 6.07) is 4.58. The number of nitrogens with two attached hydrogens (primary N) is 1. The normalized spacial score (nSPS) is 10.3. The van der Waals surface area contributed by atoms with Gasteiger partial charge in [0.25, 0.3) is 5.91 Å². The van der Waals surface area contributed by atoms with Crippen LogP contribution in [0.5, 0.6) is 0 Å². The van der Waals surface area contributed by atoms with Crippen molar-refractivity contribution in [1.29, 1.82) is 0 Å². The number of thiazole rings is 1. The highest BCUT2D eigenvalue weighted by Gasteiger charge is 2.15. The fourth-order valence-corrected chi connectivity index (χ4v) is 2.51. The van der Waals surface area contributed by atoms with Gasteiger partial charge < -0.3 is 16.2 Å². The van der Waals surface area contributed by atoms with Crippen LogP contribution in [0.4, 0.5) is 5.69 Å². The van der Waals surface area contributed by atoms with Crippen molar-refractivity contribution in [2.75, 3.05) is 5.32 Å². The van der Waals surface area contributed by atoms with Crippen molar-refractivity contribution in [2.24, 2.45) is 5.73 Å². The van der Waals surface area contributed by atoms with Crippen molar-refractivity contribution < 1.29 is 14.7 Å². The molecule has 0 atom stereocenters. The molecule has 2 rings (SSSR count). The van der Waals surface area contributed by atoms with E-state index in [2.05, 4.69) is 26.2 Å². The van der Waals surface area contributed by atoms with E-state index in [1.807, 2.05) is 0 Å². The van der Waals surface area contributed by atoms with E-state index in [0.29, 0.717) is 9.48 Å². The van der Waals surface area contributed by atoms with Crippen molar-refractivity contribution >= 4 is 44.8 Å². The number of carbonyl (C=O) groups excluding carboxylic acids is 1. The number of hydrogen-bond donors (Lipinski definition) is 3. The van der Waals surface area contributed by atoms with Crippen LogP contribution in [0.3, 0.4) is 0 Å². The lowest BCUT2D eigenvalue weighted by molar-refractivity contribution is 0.0698. The monoisotopic (exact) mass is 355 g/mol. The summed E-state index contributed by atoms with van der Waals surface area (Å²) in [7, 11) is 0. The average molecular weight is 356 g/mol. The number of anilines is 1. The number of carboxylic acids is 1. The number of nitrogens with zero attached hydrogens (tertiary/aromatic N) is 1. The maximum Gasteiger partial charge on any atom is 0.337 e. The molecule has 0 saturated carbocycles. The highest BCUT2D eigenvalue weighted by atomic mass is 79.9. The Morgan fingerprint density at radius 2 is 2.20 bits per heavy atom. The molecular formula is C12H10BrN3O3S. The van der Waals surface area contributed by atoms with E-state index in [4.69, 9.17) is 10.8 Å². The first-order chi connectivity index (χ1) is 9.51. The van der Waals surface area contributed by atoms with Crippen LogP contribution < -0.4 is 11.1 Å². The van der Waals surface area contributed by atoms with Gasteiger partial charge in [-0.2, -0.15) is 0 Å². The van der Waals surface area contributed by atoms with Gasteiger partial charge >= 0.3 is 5.97 Å². The zero-order chi connectivity index (χ0) is 14.7. The Hall–Kier alpha value is -1.77. The molecule has 0 unspecified atom stereocenters. The van der Waals surface area contributed by atoms with E-state index >= 15 is 0 Å². The minimum atomic E-state index is -1.12. The number of nitrogens with one attached hydrogen (secondary N) is 1. The van der Waals surface area contributed by atoms with Crippen molar-refractivity contribution in [2.45, 2.75) is 6.54 Å². The maximum absolute atomic E-state index is 12.0. The molecule has 4 N–H and O–H groups in total. The molecule has 1 heterocycles. The minimum absolute atomic E-state index is 0.00185. The minimum Gasteiger partial charge on any atom is -0.478 e. The molecule has 104 valence electrons. The number of hydrogen-bond acceptors (Lipinski definition) is 5. The average Bonchev–Trinajstić information content (AvgIpc) is 2.89. The largest absolute Gasteiger partial charge is 0.478 e. The number of halogens is 1. The summed E-state index contributed by atoms with van der Waals surface area (Å²) >= 11 is 4.47. The maximum atomic E-state index is 12.0. The Balaban J connectivity index is 2.25. The Kier molecular flexibility index (Phi) is 4.48. The highest BCUT2D eigenvalue weighted by Crippen LogP contribution is 2.22. The third-order valence-electron chi connectivity index (χ3n) is 2.42. The number of rotatable bonds is 4. The number of amides is 1. The third kappa shape index (κ3) is 3.21. The smallest absolute Gasteiger partial charge is 0.337 e. The Labute approximate surface area is 126 Å². The van der Waals surface area contributed by atoms with E-state index in [-0.39, 0.29) is 23.5 Å². The Morgan fingerprint density at radius 1 is 1.45 bits per heavy atom. The number of aromatic carboxylic acids is 1. The lowest BCUT2D eigenvalue weighted by atomic mass is 10.2. The topological polar surface area (TPSA) is 105 Å². The van der Waals surface area contributed by atoms with Gasteiger partial charge in [-0.25, -0.2) is 9.78 Å². The molecule has 0 aliphatic rings. The van der Waals surface area contributed by atoms with Crippen LogP contribution in [-0.2, 0) is 6.54 Å². The molecule has 0 spiro atoms. The lowest BCUT2D eigenvalue weighted by Gasteiger charge is -2.07. The van der Waals surface area contributed by atoms with Gasteiger partial charge in [-0.05, 0) is 18.2 Å². The molecule has 0 fully saturated rings. The van der Waals surface area contributed by atoms with E-state index in [9.17, 15) is 9.59 Å². The van der Waals surface area contributed by atoms with Gasteiger partial charge in [0, 0.05) is 16.4 Å². The van der Waals surface area contributed by atoms with E-state index in [1.54, 1.807) is 11.4 Å². The van der Waals surface area contributed by atoms with Gasteiger partial charge in [-0.15, -0.1) is 11.3 Å². The van der Waals surface area contributed by atoms with Crippen LogP contribution in [0.15, 0.2) is 28.1 Å². The predicted molar refractivity (Wildman–Crippen MR) is 79.1 cm³/mol. The lowest BCUT2D eigenvalue weighted by Crippen LogP contribution is -2.15. The van der Waals surface area contributed by atoms with E-state index in [0.717, 1.165) is 0 Å². The van der Waals surface area contributed by atoms with Crippen LogP contribution in [0.25, 0.3) is 0 Å². The van der Waals surface area contributed by atoms with Gasteiger partial charge in [0.05, 0.1) is 11.3 Å². The fourth-order valence-electron chi connectivity index (χ4n) is 1.50. The van der Waals surface area contributed by atoms with Crippen LogP contribution in [-0.4, -0.2) is 22.0 Å². The first-order valence-corrected chi connectivity index (χ1v) is 7.17. The molecule has 1 aromatic heterocycles. The Bertz CT molecular complexity index is 672. The van der Waals surface area contributed by atoms with E-state index in [1.165, 1.54) is 23.5 Å². The summed E-state index contributed by atoms with van der Waals surface area (Å²) in [5.41, 5.74) is 5.86. The van der Waals surface area contributed by atoms with Gasteiger partial charge in [0.15, 0.2) is 0 Å². The van der Waals surface area contributed by atoms with Crippen LogP contribution in [0, 0.1) is 0 Å². The fraction of sp³-hybridized carbons (Fsp3) is 0.0833. The first kappa shape index (κ1) is 14.6. The summed E-state index contributed by atoms with van der Waals surface area (Å²) in [6.45, 7) is 0.261. The molecule has 0 aliphatic carbocycles. The molecule has 6 nitrogen and oxygen atoms in total. The van der Waals surface area contributed by atoms with Gasteiger partial charge in [0.1, 0.15) is 10.7 Å². The number of aromatic nitrogens is 1. The zero-order valence-electron chi connectivity index (χ0n) is 10.1. The summed E-state index contributed by atoms with van der Waals surface area (Å²) in [6.07, 6.45) is 0. The summed E-state index contributed by atoms with van der Waals surface area (Å²) in [4.78, 5) is 27.2. The molecule has 0 bridgehead atoms. The molecule has 1 aromatic carbocycles. The van der Waals surface area contributed by atoms with Gasteiger partial charge in [-0.1, -0.05) is 15.9 Å². The van der Waals surface area contributed by atoms with Crippen LogP contribution >= 0.6 is 27.3 Å². The van der Waals surface area contributed by atoms with Crippen molar-refractivity contribution in [3.8, 4) is 0 Å². The Morgan fingerprint density at radius 3 is 2.80 bits per heavy atom. The molecule has 0 aliphatic heterocycles. The summed E-state index contributed by atoms with van der Waals surface area (Å²) in [5.74, 6) is -1.59. The number of carboxylic acid groups (broad SMARTS) is 1. The van der Waals surface area contributed by atoms with Crippen molar-refractivity contribution in [3.63, 3.8) is 0 Å².